The molecule has 1 atom stereocenters. The first-order valence-corrected chi connectivity index (χ1v) is 12.3. The summed E-state index contributed by atoms with van der Waals surface area (Å²) in [6.45, 7) is 7.14. The van der Waals surface area contributed by atoms with Gasteiger partial charge in [-0.15, -0.1) is 0 Å². The number of rotatable bonds is 8. The summed E-state index contributed by atoms with van der Waals surface area (Å²) in [5.41, 5.74) is 7.77. The summed E-state index contributed by atoms with van der Waals surface area (Å²) in [5, 5.41) is 10.6. The van der Waals surface area contributed by atoms with Crippen LogP contribution in [0.25, 0.3) is 0 Å². The van der Waals surface area contributed by atoms with Crippen molar-refractivity contribution < 1.29 is 9.50 Å². The Labute approximate surface area is 198 Å². The molecule has 3 aromatic rings. The molecule has 0 spiro atoms. The van der Waals surface area contributed by atoms with Crippen LogP contribution in [0.15, 0.2) is 66.7 Å². The van der Waals surface area contributed by atoms with E-state index in [1.807, 2.05) is 12.1 Å². The number of halogens is 1. The molecule has 1 unspecified atom stereocenters. The molecular weight excluding hydrogens is 409 g/mol. The number of benzene rings is 3. The highest BCUT2D eigenvalue weighted by molar-refractivity contribution is 5.31. The average molecular weight is 446 g/mol. The van der Waals surface area contributed by atoms with Gasteiger partial charge in [-0.25, -0.2) is 4.39 Å². The molecule has 33 heavy (non-hydrogen) atoms. The molecule has 1 saturated heterocycles. The first-order chi connectivity index (χ1) is 16.0. The molecule has 0 aromatic heterocycles. The van der Waals surface area contributed by atoms with Gasteiger partial charge in [0.25, 0.3) is 0 Å². The summed E-state index contributed by atoms with van der Waals surface area (Å²) in [5.74, 6) is 0.405. The molecule has 2 nitrogen and oxygen atoms in total. The normalized spacial score (nSPS) is 16.1. The van der Waals surface area contributed by atoms with Gasteiger partial charge in [-0.05, 0) is 105 Å². The molecule has 1 fully saturated rings. The van der Waals surface area contributed by atoms with Gasteiger partial charge in [-0.3, -0.25) is 0 Å². The monoisotopic (exact) mass is 445 g/mol. The van der Waals surface area contributed by atoms with Gasteiger partial charge in [0.15, 0.2) is 0 Å². The molecule has 3 heteroatoms. The lowest BCUT2D eigenvalue weighted by Crippen LogP contribution is -2.38. The number of hydrogen-bond acceptors (Lipinski definition) is 2. The number of aryl methyl sites for hydroxylation is 3. The number of likely N-dealkylation sites (tertiary alicyclic amines) is 1. The Balaban J connectivity index is 1.21. The quantitative estimate of drug-likeness (QED) is 0.446. The van der Waals surface area contributed by atoms with Crippen molar-refractivity contribution in [1.29, 1.82) is 0 Å². The highest BCUT2D eigenvalue weighted by Gasteiger charge is 2.22. The molecule has 4 rings (SSSR count). The number of aliphatic hydroxyl groups excluding tert-OH is 1. The van der Waals surface area contributed by atoms with Gasteiger partial charge in [0.1, 0.15) is 5.82 Å². The maximum absolute atomic E-state index is 13.1. The highest BCUT2D eigenvalue weighted by Crippen LogP contribution is 2.29. The third-order valence-electron chi connectivity index (χ3n) is 7.07. The smallest absolute Gasteiger partial charge is 0.123 e. The minimum Gasteiger partial charge on any atom is -0.392 e. The van der Waals surface area contributed by atoms with Gasteiger partial charge in [0.2, 0.25) is 0 Å². The zero-order valence-electron chi connectivity index (χ0n) is 19.9. The Morgan fingerprint density at radius 3 is 2.18 bits per heavy atom. The Kier molecular flexibility index (Phi) is 7.95. The molecule has 0 aliphatic carbocycles. The summed E-state index contributed by atoms with van der Waals surface area (Å²) >= 11 is 0. The van der Waals surface area contributed by atoms with Gasteiger partial charge in [0.05, 0.1) is 6.10 Å². The fourth-order valence-electron chi connectivity index (χ4n) is 5.03. The van der Waals surface area contributed by atoms with E-state index in [1.165, 1.54) is 39.9 Å². The first kappa shape index (κ1) is 23.7. The van der Waals surface area contributed by atoms with Crippen LogP contribution in [0.2, 0.25) is 0 Å². The van der Waals surface area contributed by atoms with Gasteiger partial charge >= 0.3 is 0 Å². The molecule has 0 bridgehead atoms. The topological polar surface area (TPSA) is 23.5 Å². The Bertz CT molecular complexity index is 1020. The van der Waals surface area contributed by atoms with Crippen LogP contribution in [0.3, 0.4) is 0 Å². The maximum Gasteiger partial charge on any atom is 0.123 e. The first-order valence-electron chi connectivity index (χ1n) is 12.3. The summed E-state index contributed by atoms with van der Waals surface area (Å²) in [7, 11) is 0. The zero-order valence-corrected chi connectivity index (χ0v) is 19.9. The molecule has 1 heterocycles. The van der Waals surface area contributed by atoms with E-state index >= 15 is 0 Å². The van der Waals surface area contributed by atoms with Crippen molar-refractivity contribution in [2.24, 2.45) is 0 Å². The molecule has 0 saturated carbocycles. The summed E-state index contributed by atoms with van der Waals surface area (Å²) in [6.07, 6.45) is 4.60. The van der Waals surface area contributed by atoms with Gasteiger partial charge in [0, 0.05) is 6.54 Å². The molecule has 1 aliphatic rings. The lowest BCUT2D eigenvalue weighted by Gasteiger charge is -2.33. The van der Waals surface area contributed by atoms with Crippen LogP contribution in [-0.4, -0.2) is 35.7 Å². The third kappa shape index (κ3) is 6.75. The SMILES string of the molecule is Cc1ccc(CCC(O)CN2CCC(c3ccc(Cc4ccc(F)cc4)cc3)CC2)c(C)c1. The third-order valence-corrected chi connectivity index (χ3v) is 7.07. The predicted octanol–water partition coefficient (Wildman–Crippen LogP) is 6.21. The van der Waals surface area contributed by atoms with Gasteiger partial charge < -0.3 is 10.0 Å². The zero-order chi connectivity index (χ0) is 23.2. The lowest BCUT2D eigenvalue weighted by molar-refractivity contribution is 0.0912. The van der Waals surface area contributed by atoms with E-state index in [0.717, 1.165) is 57.3 Å². The van der Waals surface area contributed by atoms with Crippen LogP contribution in [-0.2, 0) is 12.8 Å². The lowest BCUT2D eigenvalue weighted by atomic mass is 9.88. The van der Waals surface area contributed by atoms with E-state index in [9.17, 15) is 9.50 Å². The number of nitrogens with zero attached hydrogens (tertiary/aromatic N) is 1. The van der Waals surface area contributed by atoms with Crippen molar-refractivity contribution in [1.82, 2.24) is 4.90 Å². The summed E-state index contributed by atoms with van der Waals surface area (Å²) < 4.78 is 13.1. The molecule has 0 radical (unpaired) electrons. The van der Waals surface area contributed by atoms with Crippen molar-refractivity contribution in [3.05, 3.63) is 106 Å². The van der Waals surface area contributed by atoms with E-state index < -0.39 is 0 Å². The van der Waals surface area contributed by atoms with Crippen molar-refractivity contribution in [3.63, 3.8) is 0 Å². The largest absolute Gasteiger partial charge is 0.392 e. The summed E-state index contributed by atoms with van der Waals surface area (Å²) in [6, 6.07) is 22.3. The Morgan fingerprint density at radius 2 is 1.55 bits per heavy atom. The minimum atomic E-state index is -0.270. The number of piperidine rings is 1. The van der Waals surface area contributed by atoms with Crippen LogP contribution in [0.1, 0.15) is 58.6 Å². The van der Waals surface area contributed by atoms with Crippen molar-refractivity contribution >= 4 is 0 Å². The predicted molar refractivity (Wildman–Crippen MR) is 134 cm³/mol. The van der Waals surface area contributed by atoms with Gasteiger partial charge in [-0.2, -0.15) is 0 Å². The Hall–Kier alpha value is -2.49. The second kappa shape index (κ2) is 11.1. The van der Waals surface area contributed by atoms with E-state index in [4.69, 9.17) is 0 Å². The molecule has 1 aliphatic heterocycles. The van der Waals surface area contributed by atoms with E-state index in [1.54, 1.807) is 0 Å². The number of β-amino-alcohol motifs (C(OH)–C–C–N with tert-alkyl or cyclic N) is 1. The number of hydrogen-bond donors (Lipinski definition) is 1. The summed E-state index contributed by atoms with van der Waals surface area (Å²) in [4.78, 5) is 2.42. The molecule has 1 N–H and O–H groups in total. The minimum absolute atomic E-state index is 0.186. The van der Waals surface area contributed by atoms with Crippen LogP contribution >= 0.6 is 0 Å². The average Bonchev–Trinajstić information content (AvgIpc) is 2.81. The standard InChI is InChI=1S/C30H36FNO/c1-22-3-8-26(23(2)19-22)11-14-30(33)21-32-17-15-28(16-18-32)27-9-4-24(5-10-27)20-25-6-12-29(31)13-7-25/h3-10,12-13,19,28,30,33H,11,14-18,20-21H2,1-2H3. The van der Waals surface area contributed by atoms with Crippen molar-refractivity contribution in [3.8, 4) is 0 Å². The van der Waals surface area contributed by atoms with Gasteiger partial charge in [-0.1, -0.05) is 60.2 Å². The number of aliphatic hydroxyl groups is 1. The molecule has 3 aromatic carbocycles. The fraction of sp³-hybridized carbons (Fsp3) is 0.400. The molecular formula is C30H36FNO. The maximum atomic E-state index is 13.1. The van der Waals surface area contributed by atoms with E-state index in [0.29, 0.717) is 5.92 Å². The second-order valence-corrected chi connectivity index (χ2v) is 9.74. The van der Waals surface area contributed by atoms with Crippen molar-refractivity contribution in [2.45, 2.75) is 58.0 Å². The molecule has 0 amide bonds. The Morgan fingerprint density at radius 1 is 0.909 bits per heavy atom. The van der Waals surface area contributed by atoms with E-state index in [2.05, 4.69) is 61.2 Å². The van der Waals surface area contributed by atoms with E-state index in [-0.39, 0.29) is 11.9 Å². The molecule has 174 valence electrons. The van der Waals surface area contributed by atoms with Crippen LogP contribution in [0, 0.1) is 19.7 Å². The van der Waals surface area contributed by atoms with Crippen molar-refractivity contribution in [2.75, 3.05) is 19.6 Å². The van der Waals surface area contributed by atoms with Crippen LogP contribution in [0.4, 0.5) is 4.39 Å². The fourth-order valence-corrected chi connectivity index (χ4v) is 5.03. The second-order valence-electron chi connectivity index (χ2n) is 9.74. The highest BCUT2D eigenvalue weighted by atomic mass is 19.1. The van der Waals surface area contributed by atoms with Crippen LogP contribution in [0.5, 0.6) is 0 Å². The van der Waals surface area contributed by atoms with Crippen LogP contribution < -0.4 is 0 Å².